The number of Topliss-reactive ketones (excluding diaryl/α,β-unsaturated/α-hetero) is 3. The minimum Gasteiger partial charge on any atom is -0.394 e. The summed E-state index contributed by atoms with van der Waals surface area (Å²) in [6.45, 7) is 5.68. The highest BCUT2D eigenvalue weighted by atomic mass is 127. The number of nitrogens with zero attached hydrogens (tertiary/aromatic N) is 4. The summed E-state index contributed by atoms with van der Waals surface area (Å²) in [6.07, 6.45) is 6.53. The Morgan fingerprint density at radius 1 is 0.646 bits per heavy atom. The summed E-state index contributed by atoms with van der Waals surface area (Å²) in [5.74, 6) is -1.15. The van der Waals surface area contributed by atoms with Gasteiger partial charge in [-0.2, -0.15) is 0 Å². The first-order valence-electron chi connectivity index (χ1n) is 24.4. The Bertz CT molecular complexity index is 3210. The van der Waals surface area contributed by atoms with Gasteiger partial charge in [0.25, 0.3) is 17.7 Å². The fraction of sp³-hybridized carbons (Fsp3) is 0.259. The summed E-state index contributed by atoms with van der Waals surface area (Å²) in [5.41, 5.74) is 11.4. The van der Waals surface area contributed by atoms with E-state index >= 15 is 0 Å². The molecule has 1 unspecified atom stereocenters. The summed E-state index contributed by atoms with van der Waals surface area (Å²) in [7, 11) is 6.65. The van der Waals surface area contributed by atoms with Gasteiger partial charge in [0.15, 0.2) is 11.6 Å². The van der Waals surface area contributed by atoms with Gasteiger partial charge in [-0.25, -0.2) is 26.0 Å². The third-order valence-electron chi connectivity index (χ3n) is 11.4. The normalized spacial score (nSPS) is 13.1. The molecule has 3 aromatic carbocycles. The molecule has 7 rings (SSSR count). The van der Waals surface area contributed by atoms with E-state index in [4.69, 9.17) is 36.6 Å². The highest BCUT2D eigenvalue weighted by Gasteiger charge is 2.39. The Hall–Kier alpha value is -6.36. The van der Waals surface area contributed by atoms with Crippen LogP contribution >= 0.6 is 72.7 Å². The minimum absolute atomic E-state index is 0.0167. The summed E-state index contributed by atoms with van der Waals surface area (Å²) < 4.78 is 20.7. The van der Waals surface area contributed by atoms with Crippen molar-refractivity contribution in [2.45, 2.75) is 27.7 Å². The van der Waals surface area contributed by atoms with Crippen molar-refractivity contribution in [2.75, 3.05) is 62.6 Å². The van der Waals surface area contributed by atoms with Crippen LogP contribution in [0.4, 0.5) is 33.1 Å². The molecule has 82 heavy (non-hydrogen) atoms. The third kappa shape index (κ3) is 19.4. The lowest BCUT2D eigenvalue weighted by Gasteiger charge is -2.24. The molecule has 440 valence electrons. The number of aromatic nitrogens is 3. The smallest absolute Gasteiger partial charge is 0.278 e. The second-order valence-corrected chi connectivity index (χ2v) is 21.4. The minimum atomic E-state index is -0.708. The van der Waals surface area contributed by atoms with E-state index in [1.165, 1.54) is 52.1 Å². The van der Waals surface area contributed by atoms with Crippen LogP contribution in [-0.2, 0) is 40.5 Å². The number of aryl methyl sites for hydroxylation is 2. The van der Waals surface area contributed by atoms with Gasteiger partial charge in [-0.1, -0.05) is 27.5 Å². The van der Waals surface area contributed by atoms with Crippen LogP contribution in [0.25, 0.3) is 0 Å². The van der Waals surface area contributed by atoms with Crippen LogP contribution in [-0.4, -0.2) is 121 Å². The molecule has 0 saturated carbocycles. The molecular formula is C54H62BrClFI2N10O13+. The monoisotopic (exact) mass is 1450 g/mol. The number of quaternary nitrogens is 1. The van der Waals surface area contributed by atoms with Gasteiger partial charge in [-0.05, 0) is 130 Å². The Labute approximate surface area is 512 Å². The number of aliphatic hydroxyl groups excluding tert-OH is 3. The molecular weight excluding hydrogens is 1380 g/mol. The number of anilines is 5. The van der Waals surface area contributed by atoms with E-state index in [2.05, 4.69) is 75.7 Å². The number of carbonyl (C=O) groups is 6. The molecule has 1 atom stereocenters. The number of ketones is 3. The van der Waals surface area contributed by atoms with Gasteiger partial charge in [-0.3, -0.25) is 43.3 Å². The van der Waals surface area contributed by atoms with Crippen molar-refractivity contribution in [1.29, 1.82) is 0 Å². The van der Waals surface area contributed by atoms with Gasteiger partial charge < -0.3 is 45.0 Å². The van der Waals surface area contributed by atoms with Crippen molar-refractivity contribution in [1.82, 2.24) is 30.1 Å². The van der Waals surface area contributed by atoms with Crippen LogP contribution in [0.3, 0.4) is 0 Å². The topological polar surface area (TPSA) is 298 Å². The van der Waals surface area contributed by atoms with E-state index in [-0.39, 0.29) is 85.4 Å². The van der Waals surface area contributed by atoms with Gasteiger partial charge in [0.2, 0.25) is 17.3 Å². The number of hydrogen-bond donors (Lipinski definition) is 10. The van der Waals surface area contributed by atoms with E-state index in [1.807, 2.05) is 54.8 Å². The molecule has 0 fully saturated rings. The zero-order valence-corrected chi connectivity index (χ0v) is 52.3. The second kappa shape index (κ2) is 32.5. The first-order chi connectivity index (χ1) is 38.7. The number of carbonyl (C=O) groups excluding carboxylic acids is 6. The number of benzene rings is 3. The maximum Gasteiger partial charge on any atom is 0.278 e. The molecule has 3 amide bonds. The lowest BCUT2D eigenvalue weighted by atomic mass is 10.2. The Balaban J connectivity index is 0.000000241. The molecule has 23 nitrogen and oxygen atoms in total. The zero-order chi connectivity index (χ0) is 61.0. The maximum atomic E-state index is 13.7. The molecule has 0 saturated heterocycles. The Kier molecular flexibility index (Phi) is 27.0. The molecule has 1 aliphatic rings. The number of allylic oxidation sites excluding steroid dienone is 3. The van der Waals surface area contributed by atoms with Crippen molar-refractivity contribution in [3.05, 3.63) is 165 Å². The van der Waals surface area contributed by atoms with Gasteiger partial charge in [0.05, 0.1) is 84.1 Å². The number of hydrogen-bond acceptors (Lipinski definition) is 16. The summed E-state index contributed by atoms with van der Waals surface area (Å²) in [4.78, 5) is 85.3. The van der Waals surface area contributed by atoms with Crippen LogP contribution in [0.1, 0.15) is 78.4 Å². The number of amides is 3. The predicted octanol–water partition coefficient (Wildman–Crippen LogP) is 8.26. The van der Waals surface area contributed by atoms with Crippen LogP contribution in [0, 0.1) is 19.9 Å². The SMILES string of the molecule is CC(=O)C1=CC=C(Nc2ccc(I)cc2F)[N+]1(C)O.CC(=O)c1cc(C(=O)NOCCO)c(Nc2ccc(Br)cc2Cl)n1C.CC(=O)c1cc(C(=O)NOCCO)c(Nc2ccc(I)cc2C)n1C.Cn1ccc(C(=O)NOCCO)c1. The number of nitrogens with one attached hydrogen (secondary N) is 6. The van der Waals surface area contributed by atoms with Crippen LogP contribution in [0.5, 0.6) is 0 Å². The maximum absolute atomic E-state index is 13.7. The average Bonchev–Trinajstić information content (AvgIpc) is 4.22. The molecule has 0 bridgehead atoms. The third-order valence-corrected chi connectivity index (χ3v) is 13.5. The van der Waals surface area contributed by atoms with E-state index in [0.29, 0.717) is 45.1 Å². The number of hydroxylamine groups is 6. The fourth-order valence-corrected chi connectivity index (χ4v) is 9.14. The van der Waals surface area contributed by atoms with E-state index in [1.54, 1.807) is 82.7 Å². The standard InChI is InChI=1S/C17H20IN3O4.C16H17BrClN3O4.C13H12FIN2O2.C8H12N2O3/c1-10-8-12(18)4-5-14(10)19-16-13(17(24)20-25-7-6-22)9-15(11(2)23)21(16)3;1-9(23)14-8-11(16(24)20-25-6-5-22)15(21(14)2)19-13-4-3-10(17)7-12(13)18;1-8(18)12-5-6-13(17(12,2)19)16-11-4-3-9(15)7-10(11)14;1-10-3-2-7(6-10)8(12)9-13-5-4-11/h4-5,8-9,19,22H,6-7H2,1-3H3,(H,20,24);3-4,7-8,19,22H,5-6H2,1-2H3,(H,20,24);3-7,19H,1-2H3;2-3,6,11H,4-5H2,1H3,(H,9,12)/p+1. The van der Waals surface area contributed by atoms with Gasteiger partial charge in [0, 0.05) is 83.8 Å². The van der Waals surface area contributed by atoms with Crippen molar-refractivity contribution in [3.63, 3.8) is 0 Å². The van der Waals surface area contributed by atoms with Gasteiger partial charge in [-0.15, -0.1) is 4.65 Å². The molecule has 0 spiro atoms. The highest BCUT2D eigenvalue weighted by Crippen LogP contribution is 2.33. The lowest BCUT2D eigenvalue weighted by molar-refractivity contribution is -1.02. The van der Waals surface area contributed by atoms with Crippen molar-refractivity contribution in [3.8, 4) is 0 Å². The lowest BCUT2D eigenvalue weighted by Crippen LogP contribution is -2.41. The number of likely N-dealkylation sites (N-methyl/N-ethyl adjacent to an activating group) is 1. The van der Waals surface area contributed by atoms with E-state index < -0.39 is 22.3 Å². The zero-order valence-electron chi connectivity index (χ0n) is 45.6. The highest BCUT2D eigenvalue weighted by molar-refractivity contribution is 14.1. The summed E-state index contributed by atoms with van der Waals surface area (Å²) in [6, 6.07) is 20.5. The van der Waals surface area contributed by atoms with Crippen molar-refractivity contribution in [2.24, 2.45) is 21.1 Å². The largest absolute Gasteiger partial charge is 0.394 e. The fourth-order valence-electron chi connectivity index (χ4n) is 7.32. The summed E-state index contributed by atoms with van der Waals surface area (Å²) in [5, 5.41) is 45.7. The van der Waals surface area contributed by atoms with Crippen LogP contribution in [0.15, 0.2) is 113 Å². The number of halogens is 5. The Morgan fingerprint density at radius 3 is 1.55 bits per heavy atom. The average molecular weight is 1450 g/mol. The van der Waals surface area contributed by atoms with E-state index in [9.17, 15) is 38.4 Å². The predicted molar refractivity (Wildman–Crippen MR) is 325 cm³/mol. The van der Waals surface area contributed by atoms with Crippen molar-refractivity contribution >= 4 is 136 Å². The molecule has 3 aromatic heterocycles. The van der Waals surface area contributed by atoms with E-state index in [0.717, 1.165) is 22.9 Å². The number of rotatable bonds is 21. The summed E-state index contributed by atoms with van der Waals surface area (Å²) >= 11 is 13.8. The molecule has 4 heterocycles. The molecule has 0 aliphatic carbocycles. The number of aliphatic hydroxyl groups is 3. The Morgan fingerprint density at radius 2 is 1.12 bits per heavy atom. The molecule has 0 radical (unpaired) electrons. The van der Waals surface area contributed by atoms with Gasteiger partial charge >= 0.3 is 0 Å². The molecule has 10 N–H and O–H groups in total. The van der Waals surface area contributed by atoms with Gasteiger partial charge in [0.1, 0.15) is 24.5 Å². The first kappa shape index (κ1) is 68.1. The van der Waals surface area contributed by atoms with Crippen LogP contribution < -0.4 is 32.4 Å². The molecule has 1 aliphatic heterocycles. The van der Waals surface area contributed by atoms with Crippen LogP contribution in [0.2, 0.25) is 5.02 Å². The first-order valence-corrected chi connectivity index (χ1v) is 27.7. The molecule has 6 aromatic rings. The second-order valence-electron chi connectivity index (χ2n) is 17.6. The molecule has 28 heteroatoms. The quantitative estimate of drug-likeness (QED) is 0.0107. The van der Waals surface area contributed by atoms with Crippen molar-refractivity contribution < 1.29 is 72.8 Å².